The minimum atomic E-state index is -0.295. The molecule has 0 saturated heterocycles. The van der Waals surface area contributed by atoms with Gasteiger partial charge in [-0.3, -0.25) is 4.79 Å². The first-order chi connectivity index (χ1) is 19.7. The van der Waals surface area contributed by atoms with Crippen LogP contribution in [0.25, 0.3) is 16.8 Å². The van der Waals surface area contributed by atoms with Gasteiger partial charge in [-0.1, -0.05) is 83.2 Å². The summed E-state index contributed by atoms with van der Waals surface area (Å²) in [4.78, 5) is 13.8. The van der Waals surface area contributed by atoms with E-state index in [2.05, 4.69) is 51.1 Å². The summed E-state index contributed by atoms with van der Waals surface area (Å²) in [5.41, 5.74) is 5.74. The van der Waals surface area contributed by atoms with Crippen LogP contribution >= 0.6 is 0 Å². The number of halogens is 1. The Bertz CT molecular complexity index is 1300. The van der Waals surface area contributed by atoms with Gasteiger partial charge in [0.05, 0.1) is 11.3 Å². The smallest absolute Gasteiger partial charge is 0.258 e. The second-order valence-corrected chi connectivity index (χ2v) is 10.4. The normalized spacial score (nSPS) is 12.3. The molecular weight excluding hydrogens is 511 g/mol. The van der Waals surface area contributed by atoms with Crippen molar-refractivity contribution in [3.8, 4) is 11.3 Å². The zero-order valence-corrected chi connectivity index (χ0v) is 25.8. The molecule has 41 heavy (non-hydrogen) atoms. The van der Waals surface area contributed by atoms with Crippen molar-refractivity contribution in [3.63, 3.8) is 0 Å². The fraction of sp³-hybridized carbons (Fsp3) is 0.361. The van der Waals surface area contributed by atoms with E-state index in [0.29, 0.717) is 12.1 Å². The number of amides is 1. The van der Waals surface area contributed by atoms with Crippen molar-refractivity contribution in [1.29, 1.82) is 0 Å². The average molecular weight is 559 g/mol. The Morgan fingerprint density at radius 3 is 2.22 bits per heavy atom. The Hall–Kier alpha value is -3.70. The maximum atomic E-state index is 13.8. The molecule has 220 valence electrons. The summed E-state index contributed by atoms with van der Waals surface area (Å²) in [5.74, 6) is 0.450. The third kappa shape index (κ3) is 9.15. The zero-order chi connectivity index (χ0) is 30.4. The molecule has 5 heteroatoms. The third-order valence-electron chi connectivity index (χ3n) is 6.99. The fourth-order valence-electron chi connectivity index (χ4n) is 4.75. The van der Waals surface area contributed by atoms with Crippen LogP contribution in [0.3, 0.4) is 0 Å². The number of carbonyl (C=O) groups is 1. The van der Waals surface area contributed by atoms with Crippen molar-refractivity contribution in [2.24, 2.45) is 5.92 Å². The molecule has 0 saturated carbocycles. The lowest BCUT2D eigenvalue weighted by Gasteiger charge is -2.15. The van der Waals surface area contributed by atoms with Crippen molar-refractivity contribution >= 4 is 17.2 Å². The van der Waals surface area contributed by atoms with Crippen molar-refractivity contribution in [2.75, 3.05) is 19.0 Å². The molecule has 0 fully saturated rings. The van der Waals surface area contributed by atoms with Gasteiger partial charge in [0.15, 0.2) is 0 Å². The number of hydrogen-bond donors (Lipinski definition) is 1. The predicted molar refractivity (Wildman–Crippen MR) is 173 cm³/mol. The van der Waals surface area contributed by atoms with Crippen molar-refractivity contribution in [1.82, 2.24) is 4.57 Å². The van der Waals surface area contributed by atoms with Gasteiger partial charge in [-0.25, -0.2) is 4.39 Å². The molecule has 0 unspecified atom stereocenters. The lowest BCUT2D eigenvalue weighted by Crippen LogP contribution is -2.16. The van der Waals surface area contributed by atoms with Gasteiger partial charge >= 0.3 is 0 Å². The molecule has 1 amide bonds. The molecule has 1 N–H and O–H groups in total. The van der Waals surface area contributed by atoms with Crippen LogP contribution in [0.5, 0.6) is 0 Å². The molecule has 0 bridgehead atoms. The molecule has 0 aliphatic carbocycles. The topological polar surface area (TPSA) is 43.3 Å². The van der Waals surface area contributed by atoms with E-state index in [1.54, 1.807) is 25.3 Å². The van der Waals surface area contributed by atoms with Crippen molar-refractivity contribution in [3.05, 3.63) is 108 Å². The second kappa shape index (κ2) is 17.2. The molecule has 0 aliphatic heterocycles. The molecule has 1 aromatic heterocycles. The number of benzene rings is 2. The molecular formula is C36H47FN2O2. The number of nitrogens with zero attached hydrogens (tertiary/aromatic N) is 1. The minimum Gasteiger partial charge on any atom is -0.385 e. The monoisotopic (exact) mass is 558 g/mol. The molecule has 3 rings (SSSR count). The first-order valence-corrected chi connectivity index (χ1v) is 14.6. The highest BCUT2D eigenvalue weighted by atomic mass is 19.1. The Kier molecular flexibility index (Phi) is 14.0. The average Bonchev–Trinajstić information content (AvgIpc) is 3.32. The summed E-state index contributed by atoms with van der Waals surface area (Å²) in [6.07, 6.45) is 10.0. The summed E-state index contributed by atoms with van der Waals surface area (Å²) in [6.45, 7) is 18.1. The zero-order valence-electron chi connectivity index (χ0n) is 25.8. The number of allylic oxidation sites excluding steroid dienone is 5. The Morgan fingerprint density at radius 2 is 1.71 bits per heavy atom. The third-order valence-corrected chi connectivity index (χ3v) is 6.99. The molecule has 0 aliphatic rings. The minimum absolute atomic E-state index is 0.0880. The highest BCUT2D eigenvalue weighted by Gasteiger charge is 2.30. The summed E-state index contributed by atoms with van der Waals surface area (Å²) in [7, 11) is 1.75. The molecule has 0 radical (unpaired) electrons. The maximum absolute atomic E-state index is 13.8. The number of para-hydroxylation sites is 1. The lowest BCUT2D eigenvalue weighted by atomic mass is 9.93. The van der Waals surface area contributed by atoms with Crippen LogP contribution in [0.15, 0.2) is 85.5 Å². The van der Waals surface area contributed by atoms with Crippen LogP contribution in [-0.2, 0) is 11.3 Å². The second-order valence-electron chi connectivity index (χ2n) is 10.4. The molecule has 1 heterocycles. The predicted octanol–water partition coefficient (Wildman–Crippen LogP) is 9.90. The highest BCUT2D eigenvalue weighted by molar-refractivity contribution is 6.11. The first kappa shape index (κ1) is 33.5. The van der Waals surface area contributed by atoms with Gasteiger partial charge in [0, 0.05) is 37.2 Å². The highest BCUT2D eigenvalue weighted by Crippen LogP contribution is 2.40. The Morgan fingerprint density at radius 1 is 1.05 bits per heavy atom. The molecule has 1 atom stereocenters. The summed E-state index contributed by atoms with van der Waals surface area (Å²) < 4.78 is 20.9. The van der Waals surface area contributed by atoms with E-state index in [9.17, 15) is 9.18 Å². The van der Waals surface area contributed by atoms with E-state index in [1.807, 2.05) is 55.5 Å². The SMILES string of the molecule is C=C/C=C(\C=C/C)c1c(C(=O)Nc2ccccc2)c(C(C)C)n(CC)c1-c1ccc(F)cc1.CC[C@H](C)CCOC. The van der Waals surface area contributed by atoms with E-state index in [1.165, 1.54) is 25.0 Å². The van der Waals surface area contributed by atoms with Crippen molar-refractivity contribution in [2.45, 2.75) is 66.8 Å². The standard InChI is InChI=1S/C29H31FN2O.C7H16O/c1-6-12-21(13-7-2)25-26(29(33)31-24-14-10-9-11-15-24)27(20(4)5)32(8-3)28(25)22-16-18-23(30)19-17-22;1-4-7(2)5-6-8-3/h6-7,9-20H,1,8H2,2-5H3,(H,31,33);7H,4-6H2,1-3H3/b13-7-,21-12+;/t;7-/m.0/s1. The Labute approximate surface area is 246 Å². The van der Waals surface area contributed by atoms with Gasteiger partial charge in [0.2, 0.25) is 0 Å². The maximum Gasteiger partial charge on any atom is 0.258 e. The Balaban J connectivity index is 0.000000642. The van der Waals surface area contributed by atoms with Crippen LogP contribution in [0.1, 0.15) is 81.9 Å². The fourth-order valence-corrected chi connectivity index (χ4v) is 4.75. The van der Waals surface area contributed by atoms with Gasteiger partial charge in [-0.05, 0) is 79.6 Å². The molecule has 2 aromatic carbocycles. The number of rotatable bonds is 12. The van der Waals surface area contributed by atoms with Crippen LogP contribution < -0.4 is 5.32 Å². The van der Waals surface area contributed by atoms with E-state index in [0.717, 1.165) is 46.3 Å². The van der Waals surface area contributed by atoms with Gasteiger partial charge in [-0.2, -0.15) is 0 Å². The number of aromatic nitrogens is 1. The lowest BCUT2D eigenvalue weighted by molar-refractivity contribution is 0.102. The molecule has 0 spiro atoms. The number of hydrogen-bond acceptors (Lipinski definition) is 2. The number of carbonyl (C=O) groups excluding carboxylic acids is 1. The van der Waals surface area contributed by atoms with E-state index in [-0.39, 0.29) is 17.6 Å². The number of nitrogens with one attached hydrogen (secondary N) is 1. The summed E-state index contributed by atoms with van der Waals surface area (Å²) in [6, 6.07) is 15.9. The number of ether oxygens (including phenoxy) is 1. The number of methoxy groups -OCH3 is 1. The van der Waals surface area contributed by atoms with Crippen LogP contribution in [0, 0.1) is 11.7 Å². The van der Waals surface area contributed by atoms with Gasteiger partial charge in [0.25, 0.3) is 5.91 Å². The quantitative estimate of drug-likeness (QED) is 0.225. The van der Waals surface area contributed by atoms with Gasteiger partial charge < -0.3 is 14.6 Å². The summed E-state index contributed by atoms with van der Waals surface area (Å²) >= 11 is 0. The van der Waals surface area contributed by atoms with E-state index in [4.69, 9.17) is 4.74 Å². The van der Waals surface area contributed by atoms with Crippen LogP contribution in [0.2, 0.25) is 0 Å². The largest absolute Gasteiger partial charge is 0.385 e. The van der Waals surface area contributed by atoms with Gasteiger partial charge in [0.1, 0.15) is 5.82 Å². The van der Waals surface area contributed by atoms with Crippen LogP contribution in [0.4, 0.5) is 10.1 Å². The number of anilines is 1. The summed E-state index contributed by atoms with van der Waals surface area (Å²) in [5, 5.41) is 3.07. The van der Waals surface area contributed by atoms with E-state index < -0.39 is 0 Å². The molecule has 3 aromatic rings. The van der Waals surface area contributed by atoms with Gasteiger partial charge in [-0.15, -0.1) is 0 Å². The van der Waals surface area contributed by atoms with Crippen LogP contribution in [-0.4, -0.2) is 24.2 Å². The molecule has 4 nitrogen and oxygen atoms in total. The first-order valence-electron chi connectivity index (χ1n) is 14.6. The van der Waals surface area contributed by atoms with Crippen molar-refractivity contribution < 1.29 is 13.9 Å². The van der Waals surface area contributed by atoms with E-state index >= 15 is 0 Å².